The van der Waals surface area contributed by atoms with E-state index in [-0.39, 0.29) is 0 Å². The average Bonchev–Trinajstić information content (AvgIpc) is 2.38. The Bertz CT molecular complexity index is 364. The predicted octanol–water partition coefficient (Wildman–Crippen LogP) is 4.22. The Morgan fingerprint density at radius 3 is 2.76 bits per heavy atom. The zero-order chi connectivity index (χ0) is 12.1. The van der Waals surface area contributed by atoms with Gasteiger partial charge in [-0.3, -0.25) is 0 Å². The van der Waals surface area contributed by atoms with Gasteiger partial charge in [-0.15, -0.1) is 0 Å². The number of halogens is 1. The summed E-state index contributed by atoms with van der Waals surface area (Å²) in [6, 6.07) is 1.95. The highest BCUT2D eigenvalue weighted by atomic mass is 79.9. The standard InChI is InChI=1S/C13H19BrN2S/c1-11-5-8-15-12(16-11)17-10-13(9-14)6-3-2-4-7-13/h5,8H,2-4,6-7,9-10H2,1H3. The number of alkyl halides is 1. The van der Waals surface area contributed by atoms with Crippen molar-refractivity contribution in [1.29, 1.82) is 0 Å². The van der Waals surface area contributed by atoms with Gasteiger partial charge in [0, 0.05) is 23.0 Å². The summed E-state index contributed by atoms with van der Waals surface area (Å²) in [6.07, 6.45) is 8.70. The van der Waals surface area contributed by atoms with Crippen molar-refractivity contribution in [2.24, 2.45) is 5.41 Å². The van der Waals surface area contributed by atoms with Crippen LogP contribution in [0.2, 0.25) is 0 Å². The Morgan fingerprint density at radius 2 is 2.12 bits per heavy atom. The van der Waals surface area contributed by atoms with Gasteiger partial charge in [-0.2, -0.15) is 0 Å². The summed E-state index contributed by atoms with van der Waals surface area (Å²) < 4.78 is 0. The molecule has 0 aromatic carbocycles. The highest BCUT2D eigenvalue weighted by molar-refractivity contribution is 9.09. The summed E-state index contributed by atoms with van der Waals surface area (Å²) in [7, 11) is 0. The van der Waals surface area contributed by atoms with Crippen molar-refractivity contribution in [1.82, 2.24) is 9.97 Å². The van der Waals surface area contributed by atoms with Gasteiger partial charge in [0.05, 0.1) is 0 Å². The number of rotatable bonds is 4. The molecule has 0 spiro atoms. The van der Waals surface area contributed by atoms with Crippen LogP contribution < -0.4 is 0 Å². The maximum Gasteiger partial charge on any atom is 0.187 e. The summed E-state index contributed by atoms with van der Waals surface area (Å²) in [6.45, 7) is 2.02. The highest BCUT2D eigenvalue weighted by Gasteiger charge is 2.31. The molecular weight excluding hydrogens is 296 g/mol. The van der Waals surface area contributed by atoms with Crippen LogP contribution in [0, 0.1) is 12.3 Å². The zero-order valence-electron chi connectivity index (χ0n) is 10.3. The lowest BCUT2D eigenvalue weighted by Crippen LogP contribution is -2.28. The molecule has 0 saturated heterocycles. The molecule has 0 radical (unpaired) electrons. The molecule has 1 heterocycles. The molecule has 17 heavy (non-hydrogen) atoms. The van der Waals surface area contributed by atoms with Gasteiger partial charge in [0.15, 0.2) is 5.16 Å². The molecule has 0 amide bonds. The quantitative estimate of drug-likeness (QED) is 0.472. The van der Waals surface area contributed by atoms with E-state index in [0.29, 0.717) is 5.41 Å². The monoisotopic (exact) mass is 314 g/mol. The number of aromatic nitrogens is 2. The number of hydrogen-bond donors (Lipinski definition) is 0. The van der Waals surface area contributed by atoms with Crippen molar-refractivity contribution < 1.29 is 0 Å². The minimum absolute atomic E-state index is 0.468. The lowest BCUT2D eigenvalue weighted by atomic mass is 9.77. The van der Waals surface area contributed by atoms with Crippen LogP contribution >= 0.6 is 27.7 Å². The molecule has 2 nitrogen and oxygen atoms in total. The first-order chi connectivity index (χ1) is 8.24. The summed E-state index contributed by atoms with van der Waals surface area (Å²) in [4.78, 5) is 8.79. The van der Waals surface area contributed by atoms with Crippen LogP contribution in [0.5, 0.6) is 0 Å². The first-order valence-electron chi connectivity index (χ1n) is 6.23. The van der Waals surface area contributed by atoms with E-state index in [9.17, 15) is 0 Å². The van der Waals surface area contributed by atoms with E-state index in [1.807, 2.05) is 30.9 Å². The molecule has 1 aliphatic rings. The van der Waals surface area contributed by atoms with Crippen LogP contribution in [-0.4, -0.2) is 21.1 Å². The van der Waals surface area contributed by atoms with Crippen molar-refractivity contribution in [3.63, 3.8) is 0 Å². The van der Waals surface area contributed by atoms with Gasteiger partial charge >= 0.3 is 0 Å². The van der Waals surface area contributed by atoms with Crippen LogP contribution in [0.15, 0.2) is 17.4 Å². The second kappa shape index (κ2) is 6.19. The van der Waals surface area contributed by atoms with E-state index >= 15 is 0 Å². The Balaban J connectivity index is 1.95. The largest absolute Gasteiger partial charge is 0.231 e. The molecular formula is C13H19BrN2S. The molecule has 1 aliphatic carbocycles. The Labute approximate surface area is 116 Å². The van der Waals surface area contributed by atoms with Crippen molar-refractivity contribution in [3.05, 3.63) is 18.0 Å². The third-order valence-electron chi connectivity index (χ3n) is 3.48. The third kappa shape index (κ3) is 3.68. The summed E-state index contributed by atoms with van der Waals surface area (Å²) >= 11 is 5.51. The predicted molar refractivity (Wildman–Crippen MR) is 76.8 cm³/mol. The van der Waals surface area contributed by atoms with Gasteiger partial charge in [0.1, 0.15) is 0 Å². The lowest BCUT2D eigenvalue weighted by molar-refractivity contribution is 0.260. The molecule has 1 aromatic rings. The maximum atomic E-state index is 4.46. The van der Waals surface area contributed by atoms with Gasteiger partial charge in [-0.1, -0.05) is 47.0 Å². The normalized spacial score (nSPS) is 19.2. The minimum atomic E-state index is 0.468. The molecule has 2 rings (SSSR count). The summed E-state index contributed by atoms with van der Waals surface area (Å²) in [5, 5.41) is 2.04. The summed E-state index contributed by atoms with van der Waals surface area (Å²) in [5.74, 6) is 1.14. The van der Waals surface area contributed by atoms with E-state index in [1.165, 1.54) is 32.1 Å². The van der Waals surface area contributed by atoms with Crippen molar-refractivity contribution in [2.75, 3.05) is 11.1 Å². The maximum absolute atomic E-state index is 4.46. The zero-order valence-corrected chi connectivity index (χ0v) is 12.7. The second-order valence-corrected chi connectivity index (χ2v) is 6.47. The molecule has 0 N–H and O–H groups in total. The Hall–Kier alpha value is -0.0900. The molecule has 0 bridgehead atoms. The second-order valence-electron chi connectivity index (χ2n) is 4.96. The fourth-order valence-corrected chi connectivity index (χ4v) is 4.52. The van der Waals surface area contributed by atoms with Crippen LogP contribution in [0.4, 0.5) is 0 Å². The first kappa shape index (κ1) is 13.3. The van der Waals surface area contributed by atoms with E-state index in [4.69, 9.17) is 0 Å². The van der Waals surface area contributed by atoms with Crippen molar-refractivity contribution in [2.45, 2.75) is 44.2 Å². The van der Waals surface area contributed by atoms with Crippen molar-refractivity contribution >= 4 is 27.7 Å². The van der Waals surface area contributed by atoms with E-state index in [1.54, 1.807) is 0 Å². The lowest BCUT2D eigenvalue weighted by Gasteiger charge is -2.35. The molecule has 0 aliphatic heterocycles. The van der Waals surface area contributed by atoms with Crippen LogP contribution in [0.1, 0.15) is 37.8 Å². The summed E-state index contributed by atoms with van der Waals surface area (Å²) in [5.41, 5.74) is 1.52. The van der Waals surface area contributed by atoms with Gasteiger partial charge < -0.3 is 0 Å². The SMILES string of the molecule is Cc1ccnc(SCC2(CBr)CCCCC2)n1. The van der Waals surface area contributed by atoms with E-state index < -0.39 is 0 Å². The third-order valence-corrected chi connectivity index (χ3v) is 5.88. The van der Waals surface area contributed by atoms with Gasteiger partial charge in [-0.25, -0.2) is 9.97 Å². The van der Waals surface area contributed by atoms with Crippen LogP contribution in [-0.2, 0) is 0 Å². The van der Waals surface area contributed by atoms with Crippen LogP contribution in [0.25, 0.3) is 0 Å². The molecule has 94 valence electrons. The number of hydrogen-bond acceptors (Lipinski definition) is 3. The van der Waals surface area contributed by atoms with Crippen molar-refractivity contribution in [3.8, 4) is 0 Å². The molecule has 1 aromatic heterocycles. The van der Waals surface area contributed by atoms with Gasteiger partial charge in [0.2, 0.25) is 0 Å². The van der Waals surface area contributed by atoms with E-state index in [2.05, 4.69) is 25.9 Å². The highest BCUT2D eigenvalue weighted by Crippen LogP contribution is 2.41. The number of aryl methyl sites for hydroxylation is 1. The number of thioether (sulfide) groups is 1. The van der Waals surface area contributed by atoms with E-state index in [0.717, 1.165) is 21.9 Å². The number of nitrogens with zero attached hydrogens (tertiary/aromatic N) is 2. The molecule has 0 atom stereocenters. The van der Waals surface area contributed by atoms with Crippen LogP contribution in [0.3, 0.4) is 0 Å². The average molecular weight is 315 g/mol. The Kier molecular flexibility index (Phi) is 4.86. The fourth-order valence-electron chi connectivity index (χ4n) is 2.33. The minimum Gasteiger partial charge on any atom is -0.231 e. The fraction of sp³-hybridized carbons (Fsp3) is 0.692. The topological polar surface area (TPSA) is 25.8 Å². The molecule has 4 heteroatoms. The smallest absolute Gasteiger partial charge is 0.187 e. The first-order valence-corrected chi connectivity index (χ1v) is 8.33. The Morgan fingerprint density at radius 1 is 1.35 bits per heavy atom. The molecule has 1 saturated carbocycles. The molecule has 1 fully saturated rings. The molecule has 0 unspecified atom stereocenters. The van der Waals surface area contributed by atoms with Gasteiger partial charge in [0.25, 0.3) is 0 Å². The van der Waals surface area contributed by atoms with Gasteiger partial charge in [-0.05, 0) is 31.2 Å².